The van der Waals surface area contributed by atoms with E-state index < -0.39 is 12.1 Å². The summed E-state index contributed by atoms with van der Waals surface area (Å²) in [6, 6.07) is 3.81. The van der Waals surface area contributed by atoms with Crippen molar-refractivity contribution in [3.8, 4) is 5.75 Å². The third-order valence-electron chi connectivity index (χ3n) is 3.93. The third kappa shape index (κ3) is 5.99. The van der Waals surface area contributed by atoms with E-state index in [1.807, 2.05) is 28.8 Å². The molecule has 2 aliphatic rings. The summed E-state index contributed by atoms with van der Waals surface area (Å²) in [5.41, 5.74) is 0. The maximum atomic E-state index is 11.7. The van der Waals surface area contributed by atoms with Gasteiger partial charge in [0.05, 0.1) is 10.9 Å². The number of aliphatic carboxylic acids is 1. The lowest BCUT2D eigenvalue weighted by Gasteiger charge is -2.47. The Balaban J connectivity index is 0.000000321. The summed E-state index contributed by atoms with van der Waals surface area (Å²) in [5, 5.41) is 7.12. The van der Waals surface area contributed by atoms with Crippen molar-refractivity contribution in [1.82, 2.24) is 9.88 Å². The van der Waals surface area contributed by atoms with Gasteiger partial charge >= 0.3 is 12.1 Å². The molecule has 3 heterocycles. The van der Waals surface area contributed by atoms with Gasteiger partial charge in [0.2, 0.25) is 5.91 Å². The summed E-state index contributed by atoms with van der Waals surface area (Å²) in [6.45, 7) is 1.80. The van der Waals surface area contributed by atoms with Crippen LogP contribution in [0.3, 0.4) is 0 Å². The van der Waals surface area contributed by atoms with Crippen LogP contribution in [0.4, 0.5) is 13.2 Å². The average Bonchev–Trinajstić information content (AvgIpc) is 2.98. The van der Waals surface area contributed by atoms with Crippen molar-refractivity contribution < 1.29 is 37.3 Å². The fourth-order valence-electron chi connectivity index (χ4n) is 2.75. The highest BCUT2D eigenvalue weighted by molar-refractivity contribution is 8.01. The predicted molar refractivity (Wildman–Crippen MR) is 90.6 cm³/mol. The summed E-state index contributed by atoms with van der Waals surface area (Å²) in [4.78, 5) is 26.5. The van der Waals surface area contributed by atoms with Gasteiger partial charge in [-0.05, 0) is 12.1 Å². The third-order valence-corrected chi connectivity index (χ3v) is 5.51. The van der Waals surface area contributed by atoms with E-state index in [4.69, 9.17) is 19.4 Å². The molecule has 27 heavy (non-hydrogen) atoms. The van der Waals surface area contributed by atoms with Crippen LogP contribution in [-0.2, 0) is 14.3 Å². The second-order valence-electron chi connectivity index (χ2n) is 6.11. The van der Waals surface area contributed by atoms with E-state index in [0.29, 0.717) is 0 Å². The molecule has 1 aromatic heterocycles. The number of nitrogens with zero attached hydrogens (tertiary/aromatic N) is 2. The standard InChI is InChI=1S/C14H18N2O3S.C2HF3O2/c1-18-7-13(17)16-9-14(10-16)5-12(8-20-14)19-11-3-2-4-15-6-11;3-2(4,5)1(6)7/h2-4,6,12H,5,7-10H2,1H3;(H,6,7). The molecule has 7 nitrogen and oxygen atoms in total. The first kappa shape index (κ1) is 21.3. The van der Waals surface area contributed by atoms with Crippen LogP contribution in [0.1, 0.15) is 6.42 Å². The Kier molecular flexibility index (Phi) is 6.93. The predicted octanol–water partition coefficient (Wildman–Crippen LogP) is 1.83. The van der Waals surface area contributed by atoms with Gasteiger partial charge in [-0.25, -0.2) is 4.79 Å². The van der Waals surface area contributed by atoms with Crippen molar-refractivity contribution in [2.45, 2.75) is 23.4 Å². The van der Waals surface area contributed by atoms with Crippen LogP contribution < -0.4 is 4.74 Å². The van der Waals surface area contributed by atoms with Crippen molar-refractivity contribution in [3.05, 3.63) is 24.5 Å². The van der Waals surface area contributed by atoms with Crippen molar-refractivity contribution in [1.29, 1.82) is 0 Å². The van der Waals surface area contributed by atoms with Crippen molar-refractivity contribution in [2.24, 2.45) is 0 Å². The molecule has 2 saturated heterocycles. The SMILES string of the molecule is COCC(=O)N1CC2(CC(Oc3cccnc3)CS2)C1.O=C(O)C(F)(F)F. The molecule has 0 radical (unpaired) electrons. The number of carbonyl (C=O) groups is 2. The zero-order chi connectivity index (χ0) is 20.1. The summed E-state index contributed by atoms with van der Waals surface area (Å²) in [5.74, 6) is -0.883. The number of ether oxygens (including phenoxy) is 2. The minimum absolute atomic E-state index is 0.0790. The zero-order valence-corrected chi connectivity index (χ0v) is 15.3. The van der Waals surface area contributed by atoms with E-state index in [0.717, 1.165) is 31.0 Å². The van der Waals surface area contributed by atoms with E-state index >= 15 is 0 Å². The number of amides is 1. The Bertz CT molecular complexity index is 653. The monoisotopic (exact) mass is 408 g/mol. The maximum absolute atomic E-state index is 11.7. The van der Waals surface area contributed by atoms with Crippen molar-refractivity contribution in [3.63, 3.8) is 0 Å². The van der Waals surface area contributed by atoms with Gasteiger partial charge in [-0.3, -0.25) is 9.78 Å². The molecule has 2 aliphatic heterocycles. The van der Waals surface area contributed by atoms with Gasteiger partial charge in [-0.15, -0.1) is 11.8 Å². The van der Waals surface area contributed by atoms with Crippen molar-refractivity contribution in [2.75, 3.05) is 32.6 Å². The normalized spacial score (nSPS) is 20.4. The van der Waals surface area contributed by atoms with E-state index in [1.54, 1.807) is 19.5 Å². The fraction of sp³-hybridized carbons (Fsp3) is 0.562. The molecule has 150 valence electrons. The van der Waals surface area contributed by atoms with Gasteiger partial charge in [0.1, 0.15) is 18.5 Å². The number of pyridine rings is 1. The number of methoxy groups -OCH3 is 1. The summed E-state index contributed by atoms with van der Waals surface area (Å²) in [7, 11) is 1.55. The van der Waals surface area contributed by atoms with Crippen LogP contribution in [0.5, 0.6) is 5.75 Å². The fourth-order valence-corrected chi connectivity index (χ4v) is 4.27. The average molecular weight is 408 g/mol. The molecule has 2 fully saturated rings. The molecule has 0 aliphatic carbocycles. The quantitative estimate of drug-likeness (QED) is 0.813. The molecule has 1 aromatic rings. The number of alkyl halides is 3. The smallest absolute Gasteiger partial charge is 0.488 e. The van der Waals surface area contributed by atoms with Crippen molar-refractivity contribution >= 4 is 23.6 Å². The Morgan fingerprint density at radius 1 is 1.44 bits per heavy atom. The molecular formula is C16H19F3N2O5S. The molecule has 3 rings (SSSR count). The number of aromatic nitrogens is 1. The first-order valence-corrected chi connectivity index (χ1v) is 8.91. The lowest BCUT2D eigenvalue weighted by atomic mass is 9.93. The largest absolute Gasteiger partial charge is 0.490 e. The van der Waals surface area contributed by atoms with Gasteiger partial charge < -0.3 is 19.5 Å². The molecule has 0 bridgehead atoms. The van der Waals surface area contributed by atoms with E-state index in [-0.39, 0.29) is 23.4 Å². The van der Waals surface area contributed by atoms with Gasteiger partial charge in [0.15, 0.2) is 0 Å². The van der Waals surface area contributed by atoms with Gasteiger partial charge in [-0.2, -0.15) is 13.2 Å². The topological polar surface area (TPSA) is 89.0 Å². The molecule has 1 N–H and O–H groups in total. The van der Waals surface area contributed by atoms with E-state index in [1.165, 1.54) is 0 Å². The van der Waals surface area contributed by atoms with Gasteiger partial charge in [0.25, 0.3) is 0 Å². The number of carboxylic acids is 1. The second-order valence-corrected chi connectivity index (χ2v) is 7.60. The van der Waals surface area contributed by atoms with E-state index in [2.05, 4.69) is 4.98 Å². The number of halogens is 3. The van der Waals surface area contributed by atoms with Crippen LogP contribution in [0, 0.1) is 0 Å². The Hall–Kier alpha value is -2.01. The first-order valence-electron chi connectivity index (χ1n) is 7.93. The minimum Gasteiger partial charge on any atom is -0.488 e. The zero-order valence-electron chi connectivity index (χ0n) is 14.4. The number of carboxylic acid groups (broad SMARTS) is 1. The van der Waals surface area contributed by atoms with Crippen LogP contribution >= 0.6 is 11.8 Å². The Morgan fingerprint density at radius 2 is 2.11 bits per heavy atom. The number of thioether (sulfide) groups is 1. The molecule has 11 heteroatoms. The highest BCUT2D eigenvalue weighted by atomic mass is 32.2. The molecule has 1 atom stereocenters. The lowest BCUT2D eigenvalue weighted by molar-refractivity contribution is -0.192. The number of hydrogen-bond donors (Lipinski definition) is 1. The van der Waals surface area contributed by atoms with Crippen LogP contribution in [0.2, 0.25) is 0 Å². The molecule has 1 unspecified atom stereocenters. The second kappa shape index (κ2) is 8.79. The first-order chi connectivity index (χ1) is 12.6. The Labute approximate surface area is 157 Å². The Morgan fingerprint density at radius 3 is 2.63 bits per heavy atom. The molecule has 1 spiro atoms. The highest BCUT2D eigenvalue weighted by Crippen LogP contribution is 2.46. The number of hydrogen-bond acceptors (Lipinski definition) is 6. The van der Waals surface area contributed by atoms with Crippen LogP contribution in [0.15, 0.2) is 24.5 Å². The summed E-state index contributed by atoms with van der Waals surface area (Å²) >= 11 is 1.92. The van der Waals surface area contributed by atoms with E-state index in [9.17, 15) is 18.0 Å². The number of carbonyl (C=O) groups excluding carboxylic acids is 1. The maximum Gasteiger partial charge on any atom is 0.490 e. The number of rotatable bonds is 4. The molecule has 0 saturated carbocycles. The minimum atomic E-state index is -5.08. The summed E-state index contributed by atoms with van der Waals surface area (Å²) in [6.07, 6.45) is -0.402. The van der Waals surface area contributed by atoms with Gasteiger partial charge in [-0.1, -0.05) is 0 Å². The molecule has 1 amide bonds. The summed E-state index contributed by atoms with van der Waals surface area (Å²) < 4.78 is 42.7. The highest BCUT2D eigenvalue weighted by Gasteiger charge is 2.51. The lowest BCUT2D eigenvalue weighted by Crippen LogP contribution is -2.61. The number of likely N-dealkylation sites (tertiary alicyclic amines) is 1. The van der Waals surface area contributed by atoms with Gasteiger partial charge in [0, 0.05) is 38.6 Å². The molecule has 0 aromatic carbocycles. The van der Waals surface area contributed by atoms with Crippen LogP contribution in [-0.4, -0.2) is 76.5 Å². The molecular weight excluding hydrogens is 389 g/mol. The van der Waals surface area contributed by atoms with Crippen LogP contribution in [0.25, 0.3) is 0 Å².